The first kappa shape index (κ1) is 15.7. The summed E-state index contributed by atoms with van der Waals surface area (Å²) in [5.74, 6) is -0.854. The van der Waals surface area contributed by atoms with Gasteiger partial charge in [-0.3, -0.25) is 0 Å². The summed E-state index contributed by atoms with van der Waals surface area (Å²) in [7, 11) is 0. The number of carboxylic acid groups (broad SMARTS) is 1. The van der Waals surface area contributed by atoms with E-state index in [2.05, 4.69) is 19.2 Å². The molecule has 0 aliphatic carbocycles. The van der Waals surface area contributed by atoms with E-state index in [4.69, 9.17) is 5.11 Å². The first-order valence-electron chi connectivity index (χ1n) is 7.19. The summed E-state index contributed by atoms with van der Waals surface area (Å²) in [6.07, 6.45) is 6.23. The quantitative estimate of drug-likeness (QED) is 0.666. The Kier molecular flexibility index (Phi) is 7.19. The van der Waals surface area contributed by atoms with Gasteiger partial charge in [-0.2, -0.15) is 0 Å². The lowest BCUT2D eigenvalue weighted by molar-refractivity contribution is 0.0695. The Hall–Kier alpha value is -1.35. The third-order valence-corrected chi connectivity index (χ3v) is 3.38. The molecular formula is C16H25NO2. The standard InChI is InChI=1S/C16H25NO2/c1-3-4-5-6-9-13(2)17-12-14-10-7-8-11-15(14)16(18)19/h7-8,10-11,13,17H,3-6,9,12H2,1-2H3,(H,18,19). The molecule has 1 unspecified atom stereocenters. The highest BCUT2D eigenvalue weighted by Gasteiger charge is 2.09. The summed E-state index contributed by atoms with van der Waals surface area (Å²) in [6.45, 7) is 5.00. The second-order valence-electron chi connectivity index (χ2n) is 5.09. The smallest absolute Gasteiger partial charge is 0.336 e. The Morgan fingerprint density at radius 3 is 2.68 bits per heavy atom. The largest absolute Gasteiger partial charge is 0.478 e. The van der Waals surface area contributed by atoms with E-state index in [0.717, 1.165) is 12.0 Å². The summed E-state index contributed by atoms with van der Waals surface area (Å²) in [5.41, 5.74) is 1.25. The van der Waals surface area contributed by atoms with Crippen LogP contribution in [0.1, 0.15) is 61.9 Å². The fourth-order valence-electron chi connectivity index (χ4n) is 2.15. The van der Waals surface area contributed by atoms with Crippen molar-refractivity contribution in [1.82, 2.24) is 5.32 Å². The van der Waals surface area contributed by atoms with Gasteiger partial charge in [0, 0.05) is 12.6 Å². The van der Waals surface area contributed by atoms with Crippen LogP contribution in [-0.4, -0.2) is 17.1 Å². The van der Waals surface area contributed by atoms with Crippen LogP contribution in [0.2, 0.25) is 0 Å². The van der Waals surface area contributed by atoms with E-state index in [0.29, 0.717) is 18.2 Å². The van der Waals surface area contributed by atoms with Crippen molar-refractivity contribution in [2.45, 2.75) is 58.5 Å². The number of carboxylic acids is 1. The van der Waals surface area contributed by atoms with Crippen LogP contribution in [0.5, 0.6) is 0 Å². The minimum atomic E-state index is -0.854. The number of aromatic carboxylic acids is 1. The van der Waals surface area contributed by atoms with Crippen LogP contribution < -0.4 is 5.32 Å². The summed E-state index contributed by atoms with van der Waals surface area (Å²) >= 11 is 0. The molecule has 0 aliphatic heterocycles. The predicted octanol–water partition coefficient (Wildman–Crippen LogP) is 3.83. The molecule has 0 heterocycles. The second-order valence-corrected chi connectivity index (χ2v) is 5.09. The highest BCUT2D eigenvalue weighted by molar-refractivity contribution is 5.89. The van der Waals surface area contributed by atoms with Gasteiger partial charge in [0.25, 0.3) is 0 Å². The van der Waals surface area contributed by atoms with Crippen molar-refractivity contribution in [2.24, 2.45) is 0 Å². The van der Waals surface area contributed by atoms with Gasteiger partial charge < -0.3 is 10.4 Å². The van der Waals surface area contributed by atoms with Crippen molar-refractivity contribution < 1.29 is 9.90 Å². The van der Waals surface area contributed by atoms with E-state index in [9.17, 15) is 4.79 Å². The van der Waals surface area contributed by atoms with Gasteiger partial charge in [0.1, 0.15) is 0 Å². The van der Waals surface area contributed by atoms with Gasteiger partial charge in [-0.1, -0.05) is 50.8 Å². The van der Waals surface area contributed by atoms with Crippen molar-refractivity contribution in [3.8, 4) is 0 Å². The Morgan fingerprint density at radius 1 is 1.26 bits per heavy atom. The van der Waals surface area contributed by atoms with Crippen LogP contribution in [0, 0.1) is 0 Å². The van der Waals surface area contributed by atoms with E-state index >= 15 is 0 Å². The monoisotopic (exact) mass is 263 g/mol. The minimum absolute atomic E-state index is 0.396. The molecule has 0 saturated carbocycles. The lowest BCUT2D eigenvalue weighted by Crippen LogP contribution is -2.26. The maximum absolute atomic E-state index is 11.1. The minimum Gasteiger partial charge on any atom is -0.478 e. The molecule has 1 atom stereocenters. The van der Waals surface area contributed by atoms with Crippen LogP contribution in [0.3, 0.4) is 0 Å². The molecular weight excluding hydrogens is 238 g/mol. The number of hydrogen-bond donors (Lipinski definition) is 2. The zero-order valence-electron chi connectivity index (χ0n) is 12.0. The fourth-order valence-corrected chi connectivity index (χ4v) is 2.15. The summed E-state index contributed by atoms with van der Waals surface area (Å²) < 4.78 is 0. The van der Waals surface area contributed by atoms with Crippen LogP contribution in [0.25, 0.3) is 0 Å². The average Bonchev–Trinajstić information content (AvgIpc) is 2.41. The highest BCUT2D eigenvalue weighted by atomic mass is 16.4. The normalized spacial score (nSPS) is 12.3. The lowest BCUT2D eigenvalue weighted by Gasteiger charge is -2.14. The van der Waals surface area contributed by atoms with Crippen molar-refractivity contribution in [3.05, 3.63) is 35.4 Å². The van der Waals surface area contributed by atoms with E-state index in [1.807, 2.05) is 12.1 Å². The molecule has 106 valence electrons. The Labute approximate surface area is 116 Å². The Bertz CT molecular complexity index is 390. The fraction of sp³-hybridized carbons (Fsp3) is 0.562. The average molecular weight is 263 g/mol. The van der Waals surface area contributed by atoms with Gasteiger partial charge in [-0.25, -0.2) is 4.79 Å². The maximum Gasteiger partial charge on any atom is 0.336 e. The Morgan fingerprint density at radius 2 is 2.00 bits per heavy atom. The molecule has 1 aromatic carbocycles. The van der Waals surface area contributed by atoms with Crippen LogP contribution in [0.4, 0.5) is 0 Å². The molecule has 0 fully saturated rings. The first-order valence-corrected chi connectivity index (χ1v) is 7.19. The van der Waals surface area contributed by atoms with Gasteiger partial charge in [-0.15, -0.1) is 0 Å². The molecule has 0 spiro atoms. The molecule has 19 heavy (non-hydrogen) atoms. The number of nitrogens with one attached hydrogen (secondary N) is 1. The van der Waals surface area contributed by atoms with E-state index in [-0.39, 0.29) is 0 Å². The summed E-state index contributed by atoms with van der Waals surface area (Å²) in [4.78, 5) is 11.1. The van der Waals surface area contributed by atoms with Crippen LogP contribution in [-0.2, 0) is 6.54 Å². The van der Waals surface area contributed by atoms with Gasteiger partial charge in [-0.05, 0) is 25.0 Å². The molecule has 3 heteroatoms. The van der Waals surface area contributed by atoms with E-state index in [1.165, 1.54) is 25.7 Å². The zero-order valence-corrected chi connectivity index (χ0v) is 12.0. The zero-order chi connectivity index (χ0) is 14.1. The number of unbranched alkanes of at least 4 members (excludes halogenated alkanes) is 3. The third-order valence-electron chi connectivity index (χ3n) is 3.38. The molecule has 0 aromatic heterocycles. The molecule has 1 aromatic rings. The SMILES string of the molecule is CCCCCCC(C)NCc1ccccc1C(=O)O. The predicted molar refractivity (Wildman–Crippen MR) is 78.5 cm³/mol. The van der Waals surface area contributed by atoms with Gasteiger partial charge in [0.15, 0.2) is 0 Å². The van der Waals surface area contributed by atoms with Gasteiger partial charge in [0.2, 0.25) is 0 Å². The molecule has 0 radical (unpaired) electrons. The van der Waals surface area contributed by atoms with Crippen molar-refractivity contribution in [1.29, 1.82) is 0 Å². The molecule has 0 amide bonds. The second kappa shape index (κ2) is 8.70. The van der Waals surface area contributed by atoms with Gasteiger partial charge in [0.05, 0.1) is 5.56 Å². The van der Waals surface area contributed by atoms with E-state index < -0.39 is 5.97 Å². The molecule has 0 bridgehead atoms. The first-order chi connectivity index (χ1) is 9.15. The maximum atomic E-state index is 11.1. The molecule has 2 N–H and O–H groups in total. The summed E-state index contributed by atoms with van der Waals surface area (Å²) in [6, 6.07) is 7.61. The van der Waals surface area contributed by atoms with Crippen molar-refractivity contribution in [3.63, 3.8) is 0 Å². The number of benzene rings is 1. The molecule has 1 rings (SSSR count). The number of hydrogen-bond acceptors (Lipinski definition) is 2. The third kappa shape index (κ3) is 5.88. The van der Waals surface area contributed by atoms with Crippen LogP contribution in [0.15, 0.2) is 24.3 Å². The molecule has 3 nitrogen and oxygen atoms in total. The molecule has 0 saturated heterocycles. The Balaban J connectivity index is 2.37. The lowest BCUT2D eigenvalue weighted by atomic mass is 10.1. The highest BCUT2D eigenvalue weighted by Crippen LogP contribution is 2.10. The number of carbonyl (C=O) groups is 1. The number of rotatable bonds is 9. The topological polar surface area (TPSA) is 49.3 Å². The molecule has 0 aliphatic rings. The summed E-state index contributed by atoms with van der Waals surface area (Å²) in [5, 5.41) is 12.5. The van der Waals surface area contributed by atoms with Crippen molar-refractivity contribution in [2.75, 3.05) is 0 Å². The van der Waals surface area contributed by atoms with E-state index in [1.54, 1.807) is 12.1 Å². The van der Waals surface area contributed by atoms with Gasteiger partial charge >= 0.3 is 5.97 Å². The van der Waals surface area contributed by atoms with Crippen molar-refractivity contribution >= 4 is 5.97 Å². The van der Waals surface area contributed by atoms with Crippen LogP contribution >= 0.6 is 0 Å².